The van der Waals surface area contributed by atoms with E-state index in [2.05, 4.69) is 5.32 Å². The topological polar surface area (TPSA) is 72.5 Å². The van der Waals surface area contributed by atoms with Gasteiger partial charge in [0.15, 0.2) is 9.84 Å². The van der Waals surface area contributed by atoms with Crippen LogP contribution in [-0.4, -0.2) is 33.2 Å². The van der Waals surface area contributed by atoms with Gasteiger partial charge in [-0.2, -0.15) is 0 Å². The summed E-state index contributed by atoms with van der Waals surface area (Å²) < 4.78 is 42.6. The molecule has 128 valence electrons. The Morgan fingerprint density at radius 2 is 1.88 bits per heavy atom. The Morgan fingerprint density at radius 3 is 2.54 bits per heavy atom. The average molecular weight is 372 g/mol. The van der Waals surface area contributed by atoms with Crippen LogP contribution >= 0.6 is 11.6 Å². The highest BCUT2D eigenvalue weighted by Crippen LogP contribution is 2.20. The third-order valence-corrected chi connectivity index (χ3v) is 4.91. The number of rotatable bonds is 7. The van der Waals surface area contributed by atoms with E-state index in [1.165, 1.54) is 0 Å². The number of sulfone groups is 1. The number of para-hydroxylation sites is 1. The van der Waals surface area contributed by atoms with Crippen molar-refractivity contribution in [3.63, 3.8) is 0 Å². The zero-order valence-electron chi connectivity index (χ0n) is 12.5. The highest BCUT2D eigenvalue weighted by Gasteiger charge is 2.20. The minimum absolute atomic E-state index is 0.160. The molecular weight excluding hydrogens is 357 g/mol. The maximum absolute atomic E-state index is 13.1. The van der Waals surface area contributed by atoms with E-state index in [1.54, 1.807) is 12.1 Å². The molecule has 1 N–H and O–H groups in total. The molecule has 0 unspecified atom stereocenters. The molecule has 1 amide bonds. The second-order valence-electron chi connectivity index (χ2n) is 4.85. The predicted octanol–water partition coefficient (Wildman–Crippen LogP) is 2.45. The summed E-state index contributed by atoms with van der Waals surface area (Å²) in [5, 5.41) is 2.14. The Kier molecular flexibility index (Phi) is 6.16. The summed E-state index contributed by atoms with van der Waals surface area (Å²) in [6, 6.07) is 12.0. The second kappa shape index (κ2) is 8.12. The lowest BCUT2D eigenvalue weighted by Crippen LogP contribution is -2.33. The summed E-state index contributed by atoms with van der Waals surface area (Å²) in [5.41, 5.74) is 0. The number of ether oxygens (including phenoxy) is 1. The molecule has 0 fully saturated rings. The van der Waals surface area contributed by atoms with Crippen molar-refractivity contribution in [2.24, 2.45) is 0 Å². The van der Waals surface area contributed by atoms with Crippen LogP contribution in [0.1, 0.15) is 0 Å². The molecule has 24 heavy (non-hydrogen) atoms. The van der Waals surface area contributed by atoms with Gasteiger partial charge in [0, 0.05) is 0 Å². The van der Waals surface area contributed by atoms with E-state index in [1.807, 2.05) is 18.2 Å². The lowest BCUT2D eigenvalue weighted by molar-refractivity contribution is -0.118. The molecule has 0 bridgehead atoms. The van der Waals surface area contributed by atoms with Gasteiger partial charge in [-0.3, -0.25) is 4.79 Å². The number of halogens is 2. The first-order chi connectivity index (χ1) is 11.4. The number of amides is 1. The quantitative estimate of drug-likeness (QED) is 0.599. The molecule has 0 aliphatic rings. The highest BCUT2D eigenvalue weighted by molar-refractivity contribution is 7.92. The molecule has 0 radical (unpaired) electrons. The fourth-order valence-electron chi connectivity index (χ4n) is 1.85. The zero-order chi connectivity index (χ0) is 17.6. The molecule has 2 aromatic carbocycles. The minimum Gasteiger partial charge on any atom is -0.492 e. The first kappa shape index (κ1) is 18.2. The molecule has 8 heteroatoms. The Labute approximate surface area is 144 Å². The Morgan fingerprint density at radius 1 is 1.17 bits per heavy atom. The van der Waals surface area contributed by atoms with Gasteiger partial charge in [-0.15, -0.1) is 0 Å². The molecule has 0 aliphatic heterocycles. The average Bonchev–Trinajstić information content (AvgIpc) is 2.54. The van der Waals surface area contributed by atoms with Crippen LogP contribution in [0.15, 0.2) is 53.4 Å². The summed E-state index contributed by atoms with van der Waals surface area (Å²) in [4.78, 5) is 11.5. The molecule has 0 saturated heterocycles. The van der Waals surface area contributed by atoms with E-state index in [9.17, 15) is 17.6 Å². The summed E-state index contributed by atoms with van der Waals surface area (Å²) >= 11 is 5.56. The van der Waals surface area contributed by atoms with Crippen LogP contribution in [0, 0.1) is 5.82 Å². The van der Waals surface area contributed by atoms with E-state index < -0.39 is 27.3 Å². The maximum atomic E-state index is 13.1. The number of hydrogen-bond donors (Lipinski definition) is 1. The third-order valence-electron chi connectivity index (χ3n) is 3.01. The van der Waals surface area contributed by atoms with Crippen molar-refractivity contribution in [1.29, 1.82) is 0 Å². The van der Waals surface area contributed by atoms with Crippen LogP contribution in [0.2, 0.25) is 5.02 Å². The van der Waals surface area contributed by atoms with E-state index >= 15 is 0 Å². The van der Waals surface area contributed by atoms with Crippen LogP contribution in [-0.2, 0) is 14.6 Å². The van der Waals surface area contributed by atoms with E-state index in [-0.39, 0.29) is 23.1 Å². The number of hydrogen-bond acceptors (Lipinski definition) is 4. The first-order valence-electron chi connectivity index (χ1n) is 7.01. The van der Waals surface area contributed by atoms with Crippen LogP contribution in [0.3, 0.4) is 0 Å². The van der Waals surface area contributed by atoms with Gasteiger partial charge >= 0.3 is 0 Å². The summed E-state index contributed by atoms with van der Waals surface area (Å²) in [5.74, 6) is -1.49. The summed E-state index contributed by atoms with van der Waals surface area (Å²) in [6.45, 7) is 0.367. The first-order valence-corrected chi connectivity index (χ1v) is 9.04. The molecule has 5 nitrogen and oxygen atoms in total. The fourth-order valence-corrected chi connectivity index (χ4v) is 3.29. The molecule has 2 aromatic rings. The molecule has 0 heterocycles. The maximum Gasteiger partial charge on any atom is 0.235 e. The third kappa shape index (κ3) is 5.21. The molecular formula is C16H15ClFNO4S. The van der Waals surface area contributed by atoms with E-state index in [4.69, 9.17) is 16.3 Å². The standard InChI is InChI=1S/C16H15ClFNO4S/c17-14-10-13(6-7-15(14)18)24(21,22)11-16(20)19-8-9-23-12-4-2-1-3-5-12/h1-7,10H,8-9,11H2,(H,19,20). The van der Waals surface area contributed by atoms with Crippen molar-refractivity contribution >= 4 is 27.3 Å². The summed E-state index contributed by atoms with van der Waals surface area (Å²) in [7, 11) is -3.89. The monoisotopic (exact) mass is 371 g/mol. The van der Waals surface area contributed by atoms with Gasteiger partial charge in [-0.25, -0.2) is 12.8 Å². The van der Waals surface area contributed by atoms with Gasteiger partial charge in [0.25, 0.3) is 0 Å². The predicted molar refractivity (Wildman–Crippen MR) is 88.4 cm³/mol. The molecule has 0 spiro atoms. The minimum atomic E-state index is -3.89. The second-order valence-corrected chi connectivity index (χ2v) is 7.24. The normalized spacial score (nSPS) is 11.1. The Bertz CT molecular complexity index is 812. The van der Waals surface area contributed by atoms with Crippen LogP contribution in [0.25, 0.3) is 0 Å². The van der Waals surface area contributed by atoms with Gasteiger partial charge < -0.3 is 10.1 Å². The number of carbonyl (C=O) groups is 1. The SMILES string of the molecule is O=C(CS(=O)(=O)c1ccc(F)c(Cl)c1)NCCOc1ccccc1. The molecule has 0 aliphatic carbocycles. The van der Waals surface area contributed by atoms with Crippen LogP contribution in [0.5, 0.6) is 5.75 Å². The largest absolute Gasteiger partial charge is 0.492 e. The number of benzene rings is 2. The lowest BCUT2D eigenvalue weighted by atomic mass is 10.3. The van der Waals surface area contributed by atoms with Crippen molar-refractivity contribution < 1.29 is 22.3 Å². The van der Waals surface area contributed by atoms with Gasteiger partial charge in [0.05, 0.1) is 16.5 Å². The highest BCUT2D eigenvalue weighted by atomic mass is 35.5. The van der Waals surface area contributed by atoms with Gasteiger partial charge in [-0.1, -0.05) is 29.8 Å². The van der Waals surface area contributed by atoms with E-state index in [0.717, 1.165) is 18.2 Å². The van der Waals surface area contributed by atoms with Crippen molar-refractivity contribution in [3.05, 3.63) is 59.4 Å². The molecule has 0 aromatic heterocycles. The van der Waals surface area contributed by atoms with Gasteiger partial charge in [-0.05, 0) is 30.3 Å². The Hall–Kier alpha value is -2.12. The molecule has 0 atom stereocenters. The van der Waals surface area contributed by atoms with Crippen molar-refractivity contribution in [3.8, 4) is 5.75 Å². The number of nitrogens with one attached hydrogen (secondary N) is 1. The Balaban J connectivity index is 1.83. The number of carbonyl (C=O) groups excluding carboxylic acids is 1. The fraction of sp³-hybridized carbons (Fsp3) is 0.188. The smallest absolute Gasteiger partial charge is 0.235 e. The van der Waals surface area contributed by atoms with Gasteiger partial charge in [0.1, 0.15) is 23.9 Å². The van der Waals surface area contributed by atoms with Crippen molar-refractivity contribution in [2.45, 2.75) is 4.90 Å². The molecule has 0 saturated carbocycles. The van der Waals surface area contributed by atoms with E-state index in [0.29, 0.717) is 5.75 Å². The van der Waals surface area contributed by atoms with Crippen LogP contribution in [0.4, 0.5) is 4.39 Å². The zero-order valence-corrected chi connectivity index (χ0v) is 14.1. The van der Waals surface area contributed by atoms with Crippen molar-refractivity contribution in [2.75, 3.05) is 18.9 Å². The van der Waals surface area contributed by atoms with Crippen molar-refractivity contribution in [1.82, 2.24) is 5.32 Å². The van der Waals surface area contributed by atoms with Crippen LogP contribution < -0.4 is 10.1 Å². The summed E-state index contributed by atoms with van der Waals surface area (Å²) in [6.07, 6.45) is 0. The lowest BCUT2D eigenvalue weighted by Gasteiger charge is -2.08. The molecule has 2 rings (SSSR count). The van der Waals surface area contributed by atoms with Gasteiger partial charge in [0.2, 0.25) is 5.91 Å².